The number of carbonyl (C=O) groups excluding carboxylic acids is 1. The number of amides is 1. The molecule has 2 aromatic rings. The second kappa shape index (κ2) is 9.18. The molecule has 2 aromatic carbocycles. The number of ether oxygens (including phenoxy) is 1. The van der Waals surface area contributed by atoms with Gasteiger partial charge in [0.05, 0.1) is 33.9 Å². The van der Waals surface area contributed by atoms with E-state index in [2.05, 4.69) is 24.5 Å². The van der Waals surface area contributed by atoms with Crippen LogP contribution in [0.25, 0.3) is 0 Å². The summed E-state index contributed by atoms with van der Waals surface area (Å²) in [4.78, 5) is 12.0. The third-order valence-corrected chi connectivity index (χ3v) is 4.21. The Morgan fingerprint density at radius 1 is 1.04 bits per heavy atom. The van der Waals surface area contributed by atoms with Gasteiger partial charge in [0.1, 0.15) is 5.75 Å². The van der Waals surface area contributed by atoms with Gasteiger partial charge in [-0.15, -0.1) is 0 Å². The second-order valence-corrected chi connectivity index (χ2v) is 7.10. The number of hydrogen-bond donors (Lipinski definition) is 2. The Hall–Kier alpha value is -1.62. The van der Waals surface area contributed by atoms with E-state index in [1.807, 2.05) is 12.1 Å². The van der Waals surface area contributed by atoms with Gasteiger partial charge in [0, 0.05) is 5.69 Å². The number of rotatable bonds is 7. The molecule has 25 heavy (non-hydrogen) atoms. The summed E-state index contributed by atoms with van der Waals surface area (Å²) >= 11 is 17.9. The Kier molecular flexibility index (Phi) is 7.24. The summed E-state index contributed by atoms with van der Waals surface area (Å²) in [6, 6.07) is 10.3. The Balaban J connectivity index is 1.87. The molecule has 0 fully saturated rings. The first-order valence-corrected chi connectivity index (χ1v) is 8.89. The van der Waals surface area contributed by atoms with Crippen LogP contribution in [0.2, 0.25) is 15.1 Å². The lowest BCUT2D eigenvalue weighted by atomic mass is 10.2. The molecule has 4 nitrogen and oxygen atoms in total. The molecule has 0 saturated heterocycles. The maximum Gasteiger partial charge on any atom is 0.243 e. The number of hydrogen-bond acceptors (Lipinski definition) is 3. The van der Waals surface area contributed by atoms with Crippen LogP contribution in [-0.2, 0) is 4.79 Å². The fourth-order valence-corrected chi connectivity index (χ4v) is 2.55. The summed E-state index contributed by atoms with van der Waals surface area (Å²) in [6.07, 6.45) is 0. The number of benzene rings is 2. The zero-order valence-electron chi connectivity index (χ0n) is 13.9. The van der Waals surface area contributed by atoms with Crippen LogP contribution < -0.4 is 15.4 Å². The standard InChI is InChI=1S/C18H19Cl3N2O2/c1-11(2)10-25-13-5-3-12(4-6-13)23-18(24)9-22-17-8-15(20)14(19)7-16(17)21/h3-8,11,22H,9-10H2,1-2H3,(H,23,24). The summed E-state index contributed by atoms with van der Waals surface area (Å²) in [5.41, 5.74) is 1.23. The highest BCUT2D eigenvalue weighted by molar-refractivity contribution is 6.44. The van der Waals surface area contributed by atoms with Gasteiger partial charge in [-0.25, -0.2) is 0 Å². The average molecular weight is 402 g/mol. The Labute approximate surface area is 162 Å². The van der Waals surface area contributed by atoms with Crippen molar-refractivity contribution in [2.45, 2.75) is 13.8 Å². The minimum absolute atomic E-state index is 0.0449. The van der Waals surface area contributed by atoms with Crippen molar-refractivity contribution >= 4 is 52.1 Å². The van der Waals surface area contributed by atoms with E-state index in [1.165, 1.54) is 6.07 Å². The van der Waals surface area contributed by atoms with Gasteiger partial charge in [-0.3, -0.25) is 4.79 Å². The van der Waals surface area contributed by atoms with E-state index in [4.69, 9.17) is 39.5 Å². The highest BCUT2D eigenvalue weighted by atomic mass is 35.5. The van der Waals surface area contributed by atoms with Crippen LogP contribution >= 0.6 is 34.8 Å². The molecule has 0 unspecified atom stereocenters. The highest BCUT2D eigenvalue weighted by Crippen LogP contribution is 2.32. The third kappa shape index (κ3) is 6.31. The lowest BCUT2D eigenvalue weighted by molar-refractivity contribution is -0.114. The molecular formula is C18H19Cl3N2O2. The predicted octanol–water partition coefficient (Wildman–Crippen LogP) is 5.73. The van der Waals surface area contributed by atoms with Crippen molar-refractivity contribution in [1.82, 2.24) is 0 Å². The van der Waals surface area contributed by atoms with Gasteiger partial charge in [-0.2, -0.15) is 0 Å². The molecular weight excluding hydrogens is 383 g/mol. The van der Waals surface area contributed by atoms with Gasteiger partial charge in [-0.1, -0.05) is 48.7 Å². The molecule has 0 aliphatic carbocycles. The van der Waals surface area contributed by atoms with Gasteiger partial charge in [0.2, 0.25) is 5.91 Å². The lowest BCUT2D eigenvalue weighted by Crippen LogP contribution is -2.21. The summed E-state index contributed by atoms with van der Waals surface area (Å²) in [7, 11) is 0. The molecule has 0 aliphatic heterocycles. The molecule has 0 aromatic heterocycles. The Morgan fingerprint density at radius 3 is 2.32 bits per heavy atom. The first-order chi connectivity index (χ1) is 11.8. The van der Waals surface area contributed by atoms with E-state index < -0.39 is 0 Å². The van der Waals surface area contributed by atoms with Crippen LogP contribution in [0.4, 0.5) is 11.4 Å². The van der Waals surface area contributed by atoms with Crippen LogP contribution in [0.5, 0.6) is 5.75 Å². The zero-order chi connectivity index (χ0) is 18.4. The van der Waals surface area contributed by atoms with Crippen LogP contribution in [0.3, 0.4) is 0 Å². The largest absolute Gasteiger partial charge is 0.493 e. The van der Waals surface area contributed by atoms with Crippen LogP contribution in [-0.4, -0.2) is 19.1 Å². The number of anilines is 2. The summed E-state index contributed by atoms with van der Waals surface area (Å²) < 4.78 is 5.60. The van der Waals surface area contributed by atoms with Gasteiger partial charge in [0.15, 0.2) is 0 Å². The Bertz CT molecular complexity index is 734. The minimum Gasteiger partial charge on any atom is -0.493 e. The molecule has 0 spiro atoms. The van der Waals surface area contributed by atoms with Crippen molar-refractivity contribution in [3.8, 4) is 5.75 Å². The molecule has 0 atom stereocenters. The van der Waals surface area contributed by atoms with Crippen molar-refractivity contribution in [3.63, 3.8) is 0 Å². The summed E-state index contributed by atoms with van der Waals surface area (Å²) in [6.45, 7) is 4.87. The third-order valence-electron chi connectivity index (χ3n) is 3.17. The molecule has 134 valence electrons. The predicted molar refractivity (Wildman–Crippen MR) is 105 cm³/mol. The van der Waals surface area contributed by atoms with Gasteiger partial charge >= 0.3 is 0 Å². The van der Waals surface area contributed by atoms with E-state index in [0.29, 0.717) is 39.0 Å². The molecule has 0 bridgehead atoms. The number of carbonyl (C=O) groups is 1. The van der Waals surface area contributed by atoms with Gasteiger partial charge in [-0.05, 0) is 42.3 Å². The normalized spacial score (nSPS) is 10.6. The van der Waals surface area contributed by atoms with E-state index in [1.54, 1.807) is 18.2 Å². The van der Waals surface area contributed by atoms with Crippen molar-refractivity contribution < 1.29 is 9.53 Å². The summed E-state index contributed by atoms with van der Waals surface area (Å²) in [5, 5.41) is 6.85. The SMILES string of the molecule is CC(C)COc1ccc(NC(=O)CNc2cc(Cl)c(Cl)cc2Cl)cc1. The molecule has 2 N–H and O–H groups in total. The van der Waals surface area contributed by atoms with Crippen molar-refractivity contribution in [1.29, 1.82) is 0 Å². The molecule has 0 heterocycles. The average Bonchev–Trinajstić information content (AvgIpc) is 2.56. The van der Waals surface area contributed by atoms with Gasteiger partial charge < -0.3 is 15.4 Å². The van der Waals surface area contributed by atoms with E-state index in [9.17, 15) is 4.79 Å². The van der Waals surface area contributed by atoms with E-state index >= 15 is 0 Å². The number of nitrogens with one attached hydrogen (secondary N) is 2. The first-order valence-electron chi connectivity index (χ1n) is 7.76. The van der Waals surface area contributed by atoms with E-state index in [0.717, 1.165) is 5.75 Å². The molecule has 2 rings (SSSR count). The smallest absolute Gasteiger partial charge is 0.243 e. The molecule has 0 radical (unpaired) electrons. The number of halogens is 3. The van der Waals surface area contributed by atoms with Crippen LogP contribution in [0.1, 0.15) is 13.8 Å². The zero-order valence-corrected chi connectivity index (χ0v) is 16.2. The minimum atomic E-state index is -0.210. The fraction of sp³-hybridized carbons (Fsp3) is 0.278. The highest BCUT2D eigenvalue weighted by Gasteiger charge is 2.08. The van der Waals surface area contributed by atoms with Gasteiger partial charge in [0.25, 0.3) is 0 Å². The van der Waals surface area contributed by atoms with Crippen LogP contribution in [0, 0.1) is 5.92 Å². The van der Waals surface area contributed by atoms with E-state index in [-0.39, 0.29) is 12.5 Å². The topological polar surface area (TPSA) is 50.4 Å². The molecule has 0 aliphatic rings. The fourth-order valence-electron chi connectivity index (χ4n) is 1.94. The molecule has 1 amide bonds. The first kappa shape index (κ1) is 19.7. The molecule has 0 saturated carbocycles. The molecule has 7 heteroatoms. The maximum atomic E-state index is 12.0. The van der Waals surface area contributed by atoms with Crippen molar-refractivity contribution in [3.05, 3.63) is 51.5 Å². The second-order valence-electron chi connectivity index (χ2n) is 5.88. The Morgan fingerprint density at radius 2 is 1.68 bits per heavy atom. The van der Waals surface area contributed by atoms with Crippen LogP contribution in [0.15, 0.2) is 36.4 Å². The lowest BCUT2D eigenvalue weighted by Gasteiger charge is -2.11. The quantitative estimate of drug-likeness (QED) is 0.582. The van der Waals surface area contributed by atoms with Crippen molar-refractivity contribution in [2.24, 2.45) is 5.92 Å². The monoisotopic (exact) mass is 400 g/mol. The van der Waals surface area contributed by atoms with Crippen molar-refractivity contribution in [2.75, 3.05) is 23.8 Å². The summed E-state index contributed by atoms with van der Waals surface area (Å²) in [5.74, 6) is 1.02. The maximum absolute atomic E-state index is 12.0.